The maximum atomic E-state index is 5.11. The van der Waals surface area contributed by atoms with Gasteiger partial charge in [-0.25, -0.2) is 5.90 Å². The molecule has 2 rings (SSSR count). The van der Waals surface area contributed by atoms with Crippen molar-refractivity contribution in [3.8, 4) is 0 Å². The number of nitrogens with two attached hydrogens (primary N) is 1. The first-order chi connectivity index (χ1) is 7.79. The molecule has 0 unspecified atom stereocenters. The van der Waals surface area contributed by atoms with Crippen molar-refractivity contribution in [2.75, 3.05) is 0 Å². The van der Waals surface area contributed by atoms with Crippen molar-refractivity contribution in [1.82, 2.24) is 0 Å². The van der Waals surface area contributed by atoms with E-state index in [0.717, 1.165) is 11.8 Å². The summed E-state index contributed by atoms with van der Waals surface area (Å²) in [6.07, 6.45) is 5.38. The maximum Gasteiger partial charge on any atom is 0.0930 e. The highest BCUT2D eigenvalue weighted by Crippen LogP contribution is 2.35. The van der Waals surface area contributed by atoms with E-state index in [1.807, 2.05) is 0 Å². The second-order valence-electron chi connectivity index (χ2n) is 5.01. The molecular weight excluding hydrogens is 198 g/mol. The van der Waals surface area contributed by atoms with Crippen LogP contribution in [0.4, 0.5) is 0 Å². The summed E-state index contributed by atoms with van der Waals surface area (Å²) in [4.78, 5) is 4.69. The van der Waals surface area contributed by atoms with Gasteiger partial charge in [0.05, 0.1) is 6.61 Å². The Morgan fingerprint density at radius 2 is 2.00 bits per heavy atom. The molecule has 0 spiro atoms. The molecule has 2 N–H and O–H groups in total. The molecule has 0 heterocycles. The third-order valence-electron chi connectivity index (χ3n) is 3.69. The first kappa shape index (κ1) is 11.6. The number of hydrogen-bond acceptors (Lipinski definition) is 2. The summed E-state index contributed by atoms with van der Waals surface area (Å²) in [6.45, 7) is 2.87. The van der Waals surface area contributed by atoms with E-state index >= 15 is 0 Å². The molecule has 2 nitrogen and oxygen atoms in total. The molecule has 0 bridgehead atoms. The average Bonchev–Trinajstić information content (AvgIpc) is 2.31. The van der Waals surface area contributed by atoms with E-state index in [1.54, 1.807) is 0 Å². The molecule has 1 aliphatic carbocycles. The summed E-state index contributed by atoms with van der Waals surface area (Å²) in [6, 6.07) is 8.66. The van der Waals surface area contributed by atoms with E-state index in [1.165, 1.54) is 36.8 Å². The van der Waals surface area contributed by atoms with Crippen LogP contribution in [0.3, 0.4) is 0 Å². The molecule has 0 aromatic heterocycles. The van der Waals surface area contributed by atoms with Gasteiger partial charge in [0.2, 0.25) is 0 Å². The normalized spacial score (nSPS) is 25.6. The van der Waals surface area contributed by atoms with Crippen LogP contribution >= 0.6 is 0 Å². The molecular formula is C14H21NO. The lowest BCUT2D eigenvalue weighted by molar-refractivity contribution is 0.124. The number of benzene rings is 1. The number of hydrogen-bond donors (Lipinski definition) is 1. The van der Waals surface area contributed by atoms with Gasteiger partial charge in [0.15, 0.2) is 0 Å². The second kappa shape index (κ2) is 5.46. The first-order valence-electron chi connectivity index (χ1n) is 6.20. The predicted molar refractivity (Wildman–Crippen MR) is 65.8 cm³/mol. The van der Waals surface area contributed by atoms with Crippen LogP contribution < -0.4 is 5.90 Å². The highest BCUT2D eigenvalue weighted by atomic mass is 16.6. The van der Waals surface area contributed by atoms with Gasteiger partial charge in [0, 0.05) is 0 Å². The van der Waals surface area contributed by atoms with Crippen molar-refractivity contribution >= 4 is 0 Å². The summed E-state index contributed by atoms with van der Waals surface area (Å²) < 4.78 is 0. The Kier molecular flexibility index (Phi) is 3.97. The topological polar surface area (TPSA) is 35.2 Å². The fraction of sp³-hybridized carbons (Fsp3) is 0.571. The molecule has 1 aromatic carbocycles. The van der Waals surface area contributed by atoms with Gasteiger partial charge in [-0.3, -0.25) is 4.84 Å². The fourth-order valence-corrected chi connectivity index (χ4v) is 2.63. The molecule has 2 heteroatoms. The van der Waals surface area contributed by atoms with Crippen molar-refractivity contribution < 1.29 is 4.84 Å². The largest absolute Gasteiger partial charge is 0.300 e. The summed E-state index contributed by atoms with van der Waals surface area (Å²) in [5, 5.41) is 0. The Hall–Kier alpha value is -0.860. The van der Waals surface area contributed by atoms with E-state index < -0.39 is 0 Å². The quantitative estimate of drug-likeness (QED) is 0.791. The molecule has 1 aromatic rings. The maximum absolute atomic E-state index is 5.11. The molecule has 0 amide bonds. The van der Waals surface area contributed by atoms with Gasteiger partial charge in [-0.05, 0) is 35.8 Å². The van der Waals surface area contributed by atoms with E-state index in [9.17, 15) is 0 Å². The van der Waals surface area contributed by atoms with Crippen molar-refractivity contribution in [1.29, 1.82) is 0 Å². The lowest BCUT2D eigenvalue weighted by atomic mass is 9.79. The van der Waals surface area contributed by atoms with E-state index in [-0.39, 0.29) is 0 Å². The summed E-state index contributed by atoms with van der Waals surface area (Å²) >= 11 is 0. The summed E-state index contributed by atoms with van der Waals surface area (Å²) in [5.74, 6) is 6.76. The SMILES string of the molecule is CC1CCC(c2cccc(CON)c2)CC1. The first-order valence-corrected chi connectivity index (χ1v) is 6.20. The smallest absolute Gasteiger partial charge is 0.0930 e. The Morgan fingerprint density at radius 1 is 1.25 bits per heavy atom. The highest BCUT2D eigenvalue weighted by molar-refractivity contribution is 5.26. The van der Waals surface area contributed by atoms with Crippen LogP contribution in [0.25, 0.3) is 0 Å². The molecule has 1 saturated carbocycles. The molecule has 16 heavy (non-hydrogen) atoms. The van der Waals surface area contributed by atoms with E-state index in [4.69, 9.17) is 5.90 Å². The van der Waals surface area contributed by atoms with Crippen LogP contribution in [-0.4, -0.2) is 0 Å². The lowest BCUT2D eigenvalue weighted by Crippen LogP contribution is -2.11. The zero-order chi connectivity index (χ0) is 11.4. The highest BCUT2D eigenvalue weighted by Gasteiger charge is 2.19. The van der Waals surface area contributed by atoms with Gasteiger partial charge in [-0.1, -0.05) is 44.0 Å². The minimum Gasteiger partial charge on any atom is -0.300 e. The zero-order valence-corrected chi connectivity index (χ0v) is 9.99. The van der Waals surface area contributed by atoms with Crippen LogP contribution in [0, 0.1) is 5.92 Å². The Labute approximate surface area is 97.8 Å². The van der Waals surface area contributed by atoms with Crippen molar-refractivity contribution in [2.24, 2.45) is 11.8 Å². The predicted octanol–water partition coefficient (Wildman–Crippen LogP) is 3.37. The third-order valence-corrected chi connectivity index (χ3v) is 3.69. The van der Waals surface area contributed by atoms with Crippen molar-refractivity contribution in [2.45, 2.75) is 45.1 Å². The molecule has 1 fully saturated rings. The van der Waals surface area contributed by atoms with E-state index in [0.29, 0.717) is 6.61 Å². The van der Waals surface area contributed by atoms with Gasteiger partial charge in [0.25, 0.3) is 0 Å². The monoisotopic (exact) mass is 219 g/mol. The van der Waals surface area contributed by atoms with Crippen LogP contribution in [0.2, 0.25) is 0 Å². The molecule has 0 radical (unpaired) electrons. The summed E-state index contributed by atoms with van der Waals surface area (Å²) in [7, 11) is 0. The standard InChI is InChI=1S/C14H21NO/c1-11-5-7-13(8-6-11)14-4-2-3-12(9-14)10-16-15/h2-4,9,11,13H,5-8,10,15H2,1H3. The van der Waals surface area contributed by atoms with Gasteiger partial charge >= 0.3 is 0 Å². The van der Waals surface area contributed by atoms with Crippen molar-refractivity contribution in [3.63, 3.8) is 0 Å². The van der Waals surface area contributed by atoms with Gasteiger partial charge in [0.1, 0.15) is 0 Å². The minimum atomic E-state index is 0.511. The van der Waals surface area contributed by atoms with E-state index in [2.05, 4.69) is 36.0 Å². The third kappa shape index (κ3) is 2.83. The fourth-order valence-electron chi connectivity index (χ4n) is 2.63. The van der Waals surface area contributed by atoms with Gasteiger partial charge in [-0.2, -0.15) is 0 Å². The van der Waals surface area contributed by atoms with Crippen LogP contribution in [0.15, 0.2) is 24.3 Å². The van der Waals surface area contributed by atoms with Gasteiger partial charge in [-0.15, -0.1) is 0 Å². The Bertz CT molecular complexity index is 329. The van der Waals surface area contributed by atoms with Gasteiger partial charge < -0.3 is 0 Å². The average molecular weight is 219 g/mol. The zero-order valence-electron chi connectivity index (χ0n) is 9.99. The van der Waals surface area contributed by atoms with Crippen molar-refractivity contribution in [3.05, 3.63) is 35.4 Å². The Balaban J connectivity index is 2.05. The molecule has 88 valence electrons. The lowest BCUT2D eigenvalue weighted by Gasteiger charge is -2.26. The summed E-state index contributed by atoms with van der Waals surface area (Å²) in [5.41, 5.74) is 2.64. The van der Waals surface area contributed by atoms with Crippen LogP contribution in [0.1, 0.15) is 49.7 Å². The van der Waals surface area contributed by atoms with Crippen LogP contribution in [0.5, 0.6) is 0 Å². The molecule has 0 aliphatic heterocycles. The Morgan fingerprint density at radius 3 is 2.69 bits per heavy atom. The number of rotatable bonds is 3. The molecule has 0 saturated heterocycles. The molecule has 1 aliphatic rings. The molecule has 0 atom stereocenters. The minimum absolute atomic E-state index is 0.511. The van der Waals surface area contributed by atoms with Crippen LogP contribution in [-0.2, 0) is 11.4 Å². The second-order valence-corrected chi connectivity index (χ2v) is 5.01.